The van der Waals surface area contributed by atoms with Crippen molar-refractivity contribution in [2.75, 3.05) is 6.61 Å². The number of aliphatic hydroxyl groups is 2. The summed E-state index contributed by atoms with van der Waals surface area (Å²) in [6, 6.07) is -0.530. The molecule has 0 fully saturated rings. The molecule has 0 rings (SSSR count). The molecular formula is C58H117NO3. The average Bonchev–Trinajstić information content (AvgIpc) is 3.28. The number of carbonyl (C=O) groups excluding carboxylic acids is 1. The van der Waals surface area contributed by atoms with Gasteiger partial charge in [-0.2, -0.15) is 0 Å². The van der Waals surface area contributed by atoms with Crippen LogP contribution in [0.2, 0.25) is 0 Å². The van der Waals surface area contributed by atoms with Crippen LogP contribution in [0.15, 0.2) is 0 Å². The van der Waals surface area contributed by atoms with Crippen LogP contribution >= 0.6 is 0 Å². The number of carbonyl (C=O) groups is 1. The number of nitrogens with one attached hydrogen (secondary N) is 1. The second-order valence-corrected chi connectivity index (χ2v) is 20.4. The Labute approximate surface area is 391 Å². The summed E-state index contributed by atoms with van der Waals surface area (Å²) >= 11 is 0. The molecule has 0 aromatic carbocycles. The summed E-state index contributed by atoms with van der Waals surface area (Å²) in [5.41, 5.74) is 0. The van der Waals surface area contributed by atoms with Crippen molar-refractivity contribution in [3.63, 3.8) is 0 Å². The molecule has 4 nitrogen and oxygen atoms in total. The van der Waals surface area contributed by atoms with E-state index in [-0.39, 0.29) is 12.5 Å². The summed E-state index contributed by atoms with van der Waals surface area (Å²) in [5, 5.41) is 23.3. The second-order valence-electron chi connectivity index (χ2n) is 20.4. The van der Waals surface area contributed by atoms with Gasteiger partial charge in [0.05, 0.1) is 18.8 Å². The predicted octanol–water partition coefficient (Wildman–Crippen LogP) is 19.1. The lowest BCUT2D eigenvalue weighted by Crippen LogP contribution is -2.45. The summed E-state index contributed by atoms with van der Waals surface area (Å²) < 4.78 is 0. The molecule has 0 spiro atoms. The molecule has 0 saturated carbocycles. The maximum Gasteiger partial charge on any atom is 0.220 e. The largest absolute Gasteiger partial charge is 0.394 e. The lowest BCUT2D eigenvalue weighted by atomic mass is 10.0. The summed E-state index contributed by atoms with van der Waals surface area (Å²) in [6.45, 7) is 4.40. The third-order valence-corrected chi connectivity index (χ3v) is 14.1. The van der Waals surface area contributed by atoms with Crippen molar-refractivity contribution in [3.05, 3.63) is 0 Å². The number of hydrogen-bond acceptors (Lipinski definition) is 3. The van der Waals surface area contributed by atoms with Crippen LogP contribution in [0.1, 0.15) is 348 Å². The molecule has 4 heteroatoms. The zero-order valence-corrected chi connectivity index (χ0v) is 42.9. The highest BCUT2D eigenvalue weighted by Crippen LogP contribution is 2.19. The molecule has 0 aromatic heterocycles. The van der Waals surface area contributed by atoms with Crippen molar-refractivity contribution >= 4 is 5.91 Å². The first-order chi connectivity index (χ1) is 30.7. The average molecular weight is 877 g/mol. The SMILES string of the molecule is CCCCCCCCCCCCCCCCCCCCCCCCCCCCCCCCCCCCCC(=O)NC(CO)C(O)CCCCCCCCCCCCCCCCC. The van der Waals surface area contributed by atoms with Crippen LogP contribution in [0.25, 0.3) is 0 Å². The maximum absolute atomic E-state index is 12.5. The van der Waals surface area contributed by atoms with Gasteiger partial charge in [0, 0.05) is 6.42 Å². The fourth-order valence-electron chi connectivity index (χ4n) is 9.66. The fourth-order valence-corrected chi connectivity index (χ4v) is 9.66. The molecule has 1 amide bonds. The van der Waals surface area contributed by atoms with Gasteiger partial charge in [0.15, 0.2) is 0 Å². The third-order valence-electron chi connectivity index (χ3n) is 14.1. The summed E-state index contributed by atoms with van der Waals surface area (Å²) in [5.74, 6) is -0.0226. The van der Waals surface area contributed by atoms with Gasteiger partial charge in [-0.3, -0.25) is 4.79 Å². The van der Waals surface area contributed by atoms with E-state index in [4.69, 9.17) is 0 Å². The van der Waals surface area contributed by atoms with E-state index in [1.807, 2.05) is 0 Å². The lowest BCUT2D eigenvalue weighted by Gasteiger charge is -2.22. The first kappa shape index (κ1) is 61.4. The smallest absolute Gasteiger partial charge is 0.220 e. The van der Waals surface area contributed by atoms with Gasteiger partial charge in [0.1, 0.15) is 0 Å². The molecule has 0 aliphatic heterocycles. The normalized spacial score (nSPS) is 12.6. The second kappa shape index (κ2) is 54.7. The third kappa shape index (κ3) is 50.4. The Kier molecular flexibility index (Phi) is 54.2. The minimum atomic E-state index is -0.654. The van der Waals surface area contributed by atoms with Gasteiger partial charge in [-0.1, -0.05) is 328 Å². The van der Waals surface area contributed by atoms with E-state index in [0.29, 0.717) is 12.8 Å². The molecule has 0 aliphatic carbocycles. The van der Waals surface area contributed by atoms with E-state index in [1.54, 1.807) is 0 Å². The molecule has 3 N–H and O–H groups in total. The highest BCUT2D eigenvalue weighted by atomic mass is 16.3. The van der Waals surface area contributed by atoms with Crippen LogP contribution in [0.4, 0.5) is 0 Å². The quantitative estimate of drug-likeness (QED) is 0.0533. The Bertz CT molecular complexity index is 819. The zero-order chi connectivity index (χ0) is 44.9. The summed E-state index contributed by atoms with van der Waals surface area (Å²) in [6.07, 6.45) is 69.7. The van der Waals surface area contributed by atoms with Crippen molar-refractivity contribution < 1.29 is 15.0 Å². The van der Waals surface area contributed by atoms with Crippen molar-refractivity contribution in [1.29, 1.82) is 0 Å². The molecule has 0 aromatic rings. The van der Waals surface area contributed by atoms with E-state index < -0.39 is 12.1 Å². The number of unbranched alkanes of at least 4 members (excludes halogenated alkanes) is 48. The molecule has 62 heavy (non-hydrogen) atoms. The number of rotatable bonds is 55. The number of hydrogen-bond donors (Lipinski definition) is 3. The van der Waals surface area contributed by atoms with E-state index in [2.05, 4.69) is 19.2 Å². The number of amides is 1. The Balaban J connectivity index is 3.33. The Morgan fingerprint density at radius 2 is 0.516 bits per heavy atom. The topological polar surface area (TPSA) is 69.6 Å². The van der Waals surface area contributed by atoms with Crippen molar-refractivity contribution in [1.82, 2.24) is 5.32 Å². The van der Waals surface area contributed by atoms with Crippen LogP contribution < -0.4 is 5.32 Å². The van der Waals surface area contributed by atoms with E-state index >= 15 is 0 Å². The van der Waals surface area contributed by atoms with Gasteiger partial charge in [0.25, 0.3) is 0 Å². The highest BCUT2D eigenvalue weighted by Gasteiger charge is 2.20. The van der Waals surface area contributed by atoms with Gasteiger partial charge in [0.2, 0.25) is 5.91 Å². The number of aliphatic hydroxyl groups excluding tert-OH is 2. The molecule has 2 atom stereocenters. The molecular weight excluding hydrogens is 759 g/mol. The molecule has 372 valence electrons. The standard InChI is InChI=1S/C58H117NO3/c1-3-5-7-9-11-13-15-17-19-20-21-22-23-24-25-26-27-28-29-30-31-32-33-34-35-36-37-38-40-42-44-46-48-50-52-54-58(62)59-56(55-60)57(61)53-51-49-47-45-43-41-39-18-16-14-12-10-8-6-4-2/h56-57,60-61H,3-55H2,1-2H3,(H,59,62). The Hall–Kier alpha value is -0.610. The van der Waals surface area contributed by atoms with Gasteiger partial charge < -0.3 is 15.5 Å². The monoisotopic (exact) mass is 876 g/mol. The molecule has 0 bridgehead atoms. The van der Waals surface area contributed by atoms with E-state index in [0.717, 1.165) is 25.7 Å². The minimum Gasteiger partial charge on any atom is -0.394 e. The van der Waals surface area contributed by atoms with Gasteiger partial charge >= 0.3 is 0 Å². The summed E-state index contributed by atoms with van der Waals surface area (Å²) in [7, 11) is 0. The van der Waals surface area contributed by atoms with Crippen LogP contribution in [0.3, 0.4) is 0 Å². The molecule has 0 saturated heterocycles. The Morgan fingerprint density at radius 3 is 0.726 bits per heavy atom. The van der Waals surface area contributed by atoms with Crippen LogP contribution in [0.5, 0.6) is 0 Å². The first-order valence-electron chi connectivity index (χ1n) is 29.2. The first-order valence-corrected chi connectivity index (χ1v) is 29.2. The van der Waals surface area contributed by atoms with Gasteiger partial charge in [-0.05, 0) is 12.8 Å². The van der Waals surface area contributed by atoms with Crippen LogP contribution in [0, 0.1) is 0 Å². The van der Waals surface area contributed by atoms with Gasteiger partial charge in [-0.25, -0.2) is 0 Å². The van der Waals surface area contributed by atoms with E-state index in [1.165, 1.54) is 295 Å². The molecule has 2 unspecified atom stereocenters. The van der Waals surface area contributed by atoms with Crippen LogP contribution in [-0.2, 0) is 4.79 Å². The molecule has 0 heterocycles. The highest BCUT2D eigenvalue weighted by molar-refractivity contribution is 5.76. The maximum atomic E-state index is 12.5. The van der Waals surface area contributed by atoms with E-state index in [9.17, 15) is 15.0 Å². The summed E-state index contributed by atoms with van der Waals surface area (Å²) in [4.78, 5) is 12.5. The predicted molar refractivity (Wildman–Crippen MR) is 276 cm³/mol. The van der Waals surface area contributed by atoms with Crippen LogP contribution in [-0.4, -0.2) is 34.9 Å². The minimum absolute atomic E-state index is 0.0226. The van der Waals surface area contributed by atoms with Crippen molar-refractivity contribution in [2.45, 2.75) is 360 Å². The van der Waals surface area contributed by atoms with Crippen molar-refractivity contribution in [2.24, 2.45) is 0 Å². The zero-order valence-electron chi connectivity index (χ0n) is 42.9. The molecule has 0 aliphatic rings. The van der Waals surface area contributed by atoms with Crippen molar-refractivity contribution in [3.8, 4) is 0 Å². The Morgan fingerprint density at radius 1 is 0.323 bits per heavy atom. The fraction of sp³-hybridized carbons (Fsp3) is 0.983. The molecule has 0 radical (unpaired) electrons. The van der Waals surface area contributed by atoms with Gasteiger partial charge in [-0.15, -0.1) is 0 Å². The lowest BCUT2D eigenvalue weighted by molar-refractivity contribution is -0.123.